The molecule has 5 nitrogen and oxygen atoms in total. The lowest BCUT2D eigenvalue weighted by molar-refractivity contribution is -0.125. The van der Waals surface area contributed by atoms with Crippen LogP contribution >= 0.6 is 0 Å². The van der Waals surface area contributed by atoms with Crippen LogP contribution in [0.1, 0.15) is 29.0 Å². The molecule has 1 aromatic carbocycles. The number of hydrogen-bond acceptors (Lipinski definition) is 4. The molecule has 3 rings (SSSR count). The van der Waals surface area contributed by atoms with Crippen LogP contribution in [0.2, 0.25) is 0 Å². The summed E-state index contributed by atoms with van der Waals surface area (Å²) in [6.45, 7) is 1.30. The molecule has 2 amide bonds. The van der Waals surface area contributed by atoms with E-state index in [-0.39, 0.29) is 5.76 Å². The summed E-state index contributed by atoms with van der Waals surface area (Å²) in [4.78, 5) is 37.5. The number of Topliss-reactive ketones (excluding diaryl/α,β-unsaturated/α-hetero) is 1. The molecule has 2 heterocycles. The maximum Gasteiger partial charge on any atom is 0.249 e. The Bertz CT molecular complexity index is 702. The van der Waals surface area contributed by atoms with Gasteiger partial charge < -0.3 is 4.42 Å². The molecule has 0 saturated carbocycles. The summed E-state index contributed by atoms with van der Waals surface area (Å²) in [6.07, 6.45) is 1.38. The highest BCUT2D eigenvalue weighted by Crippen LogP contribution is 2.39. The molecule has 100 valence electrons. The zero-order valence-corrected chi connectivity index (χ0v) is 10.7. The van der Waals surface area contributed by atoms with Crippen molar-refractivity contribution >= 4 is 23.3 Å². The molecule has 1 atom stereocenters. The van der Waals surface area contributed by atoms with E-state index in [1.807, 2.05) is 0 Å². The first-order chi connectivity index (χ1) is 9.61. The largest absolute Gasteiger partial charge is 0.461 e. The van der Waals surface area contributed by atoms with E-state index in [9.17, 15) is 14.4 Å². The minimum atomic E-state index is -1.01. The van der Waals surface area contributed by atoms with E-state index in [1.54, 1.807) is 30.3 Å². The van der Waals surface area contributed by atoms with Crippen molar-refractivity contribution in [1.82, 2.24) is 0 Å². The molecular weight excluding hydrogens is 258 g/mol. The molecule has 1 aliphatic rings. The van der Waals surface area contributed by atoms with Crippen molar-refractivity contribution in [2.75, 3.05) is 4.90 Å². The quantitative estimate of drug-likeness (QED) is 0.618. The molecule has 2 aromatic rings. The zero-order chi connectivity index (χ0) is 14.3. The van der Waals surface area contributed by atoms with Gasteiger partial charge in [-0.15, -0.1) is 0 Å². The van der Waals surface area contributed by atoms with Crippen LogP contribution in [0.25, 0.3) is 0 Å². The molecule has 1 aromatic heterocycles. The van der Waals surface area contributed by atoms with Gasteiger partial charge in [-0.2, -0.15) is 0 Å². The Kier molecular flexibility index (Phi) is 2.75. The van der Waals surface area contributed by atoms with Crippen LogP contribution < -0.4 is 4.90 Å². The van der Waals surface area contributed by atoms with Crippen molar-refractivity contribution in [2.24, 2.45) is 0 Å². The van der Waals surface area contributed by atoms with Crippen molar-refractivity contribution in [2.45, 2.75) is 12.8 Å². The smallest absolute Gasteiger partial charge is 0.249 e. The predicted octanol–water partition coefficient (Wildman–Crippen LogP) is 2.14. The van der Waals surface area contributed by atoms with Crippen LogP contribution in [0, 0.1) is 0 Å². The second kappa shape index (κ2) is 4.45. The van der Waals surface area contributed by atoms with Crippen molar-refractivity contribution in [3.8, 4) is 0 Å². The topological polar surface area (TPSA) is 67.6 Å². The normalized spacial score (nSPS) is 17.1. The molecule has 0 radical (unpaired) electrons. The number of rotatable bonds is 2. The van der Waals surface area contributed by atoms with Gasteiger partial charge in [-0.1, -0.05) is 18.2 Å². The summed E-state index contributed by atoms with van der Waals surface area (Å²) in [5.74, 6) is -2.27. The van der Waals surface area contributed by atoms with Gasteiger partial charge in [-0.05, 0) is 23.8 Å². The van der Waals surface area contributed by atoms with Gasteiger partial charge in [0.1, 0.15) is 5.92 Å². The number of furan rings is 1. The first kappa shape index (κ1) is 12.3. The van der Waals surface area contributed by atoms with Gasteiger partial charge in [0, 0.05) is 6.92 Å². The Morgan fingerprint density at radius 3 is 2.55 bits per heavy atom. The number of carbonyl (C=O) groups excluding carboxylic acids is 3. The number of carbonyl (C=O) groups is 3. The zero-order valence-electron chi connectivity index (χ0n) is 10.7. The molecule has 0 fully saturated rings. The number of anilines is 1. The molecule has 1 unspecified atom stereocenters. The van der Waals surface area contributed by atoms with Gasteiger partial charge >= 0.3 is 0 Å². The number of fused-ring (bicyclic) bond motifs is 1. The number of benzene rings is 1. The number of amides is 2. The first-order valence-electron chi connectivity index (χ1n) is 6.12. The lowest BCUT2D eigenvalue weighted by Crippen LogP contribution is -2.35. The highest BCUT2D eigenvalue weighted by Gasteiger charge is 2.44. The predicted molar refractivity (Wildman–Crippen MR) is 70.4 cm³/mol. The van der Waals surface area contributed by atoms with E-state index in [0.717, 1.165) is 4.90 Å². The lowest BCUT2D eigenvalue weighted by Gasteiger charge is -2.12. The van der Waals surface area contributed by atoms with Gasteiger partial charge in [0.05, 0.1) is 12.0 Å². The van der Waals surface area contributed by atoms with Crippen LogP contribution in [0.5, 0.6) is 0 Å². The highest BCUT2D eigenvalue weighted by atomic mass is 16.3. The summed E-state index contributed by atoms with van der Waals surface area (Å²) in [5, 5.41) is 0. The van der Waals surface area contributed by atoms with E-state index in [2.05, 4.69) is 0 Å². The van der Waals surface area contributed by atoms with Crippen LogP contribution in [0.3, 0.4) is 0 Å². The first-order valence-corrected chi connectivity index (χ1v) is 6.12. The van der Waals surface area contributed by atoms with Crippen LogP contribution in [-0.4, -0.2) is 17.6 Å². The van der Waals surface area contributed by atoms with Crippen molar-refractivity contribution < 1.29 is 18.8 Å². The summed E-state index contributed by atoms with van der Waals surface area (Å²) in [5.41, 5.74) is 1.00. The van der Waals surface area contributed by atoms with E-state index in [0.29, 0.717) is 11.3 Å². The Morgan fingerprint density at radius 1 is 1.15 bits per heavy atom. The molecule has 0 aliphatic carbocycles. The number of hydrogen-bond donors (Lipinski definition) is 0. The SMILES string of the molecule is CC(=O)N1C(=O)C(C(=O)c2ccco2)c2ccccc21. The van der Waals surface area contributed by atoms with Crippen molar-refractivity contribution in [3.63, 3.8) is 0 Å². The average Bonchev–Trinajstić information content (AvgIpc) is 3.02. The summed E-state index contributed by atoms with van der Waals surface area (Å²) in [7, 11) is 0. The highest BCUT2D eigenvalue weighted by molar-refractivity contribution is 6.29. The summed E-state index contributed by atoms with van der Waals surface area (Å²) in [6, 6.07) is 9.89. The fourth-order valence-electron chi connectivity index (χ4n) is 2.46. The fourth-order valence-corrected chi connectivity index (χ4v) is 2.46. The number of ketones is 1. The summed E-state index contributed by atoms with van der Waals surface area (Å²) >= 11 is 0. The molecule has 1 aliphatic heterocycles. The van der Waals surface area contributed by atoms with E-state index in [1.165, 1.54) is 19.3 Å². The van der Waals surface area contributed by atoms with Gasteiger partial charge in [-0.25, -0.2) is 4.90 Å². The lowest BCUT2D eigenvalue weighted by atomic mass is 9.95. The molecule has 0 N–H and O–H groups in total. The molecule has 5 heteroatoms. The Morgan fingerprint density at radius 2 is 1.90 bits per heavy atom. The molecule has 0 bridgehead atoms. The number of nitrogens with zero attached hydrogens (tertiary/aromatic N) is 1. The maximum absolute atomic E-state index is 12.4. The number of imide groups is 1. The van der Waals surface area contributed by atoms with Gasteiger partial charge in [0.2, 0.25) is 17.6 Å². The Balaban J connectivity index is 2.11. The minimum absolute atomic E-state index is 0.114. The van der Waals surface area contributed by atoms with Crippen LogP contribution in [-0.2, 0) is 9.59 Å². The minimum Gasteiger partial charge on any atom is -0.461 e. The van der Waals surface area contributed by atoms with Gasteiger partial charge in [0.25, 0.3) is 0 Å². The molecule has 0 saturated heterocycles. The van der Waals surface area contributed by atoms with E-state index in [4.69, 9.17) is 4.42 Å². The molecule has 20 heavy (non-hydrogen) atoms. The van der Waals surface area contributed by atoms with E-state index >= 15 is 0 Å². The third-order valence-electron chi connectivity index (χ3n) is 3.30. The third-order valence-corrected chi connectivity index (χ3v) is 3.30. The van der Waals surface area contributed by atoms with Crippen molar-refractivity contribution in [3.05, 3.63) is 54.0 Å². The van der Waals surface area contributed by atoms with E-state index < -0.39 is 23.5 Å². The van der Waals surface area contributed by atoms with Gasteiger partial charge in [0.15, 0.2) is 5.76 Å². The molecular formula is C15H11NO4. The van der Waals surface area contributed by atoms with Crippen LogP contribution in [0.15, 0.2) is 47.1 Å². The van der Waals surface area contributed by atoms with Crippen LogP contribution in [0.4, 0.5) is 5.69 Å². The Labute approximate surface area is 114 Å². The van der Waals surface area contributed by atoms with Gasteiger partial charge in [-0.3, -0.25) is 14.4 Å². The second-order valence-electron chi connectivity index (χ2n) is 4.53. The average molecular weight is 269 g/mol. The Hall–Kier alpha value is -2.69. The standard InChI is InChI=1S/C15H11NO4/c1-9(17)16-11-6-3-2-5-10(11)13(15(16)19)14(18)12-7-4-8-20-12/h2-8,13H,1H3. The maximum atomic E-state index is 12.4. The second-order valence-corrected chi connectivity index (χ2v) is 4.53. The third kappa shape index (κ3) is 1.67. The number of para-hydroxylation sites is 1. The molecule has 0 spiro atoms. The fraction of sp³-hybridized carbons (Fsp3) is 0.133. The summed E-state index contributed by atoms with van der Waals surface area (Å²) < 4.78 is 5.06. The monoisotopic (exact) mass is 269 g/mol. The van der Waals surface area contributed by atoms with Crippen molar-refractivity contribution in [1.29, 1.82) is 0 Å².